The Balaban J connectivity index is 2.30. The van der Waals surface area contributed by atoms with E-state index in [1.807, 2.05) is 0 Å². The summed E-state index contributed by atoms with van der Waals surface area (Å²) in [5, 5.41) is 12.4. The van der Waals surface area contributed by atoms with Crippen LogP contribution in [-0.4, -0.2) is 25.2 Å². The van der Waals surface area contributed by atoms with Crippen molar-refractivity contribution >= 4 is 11.6 Å². The summed E-state index contributed by atoms with van der Waals surface area (Å²) >= 11 is 0. The van der Waals surface area contributed by atoms with E-state index in [2.05, 4.69) is 5.32 Å². The summed E-state index contributed by atoms with van der Waals surface area (Å²) in [7, 11) is 3.04. The number of rotatable bonds is 4. The van der Waals surface area contributed by atoms with Gasteiger partial charge in [-0.3, -0.25) is 4.79 Å². The van der Waals surface area contributed by atoms with E-state index in [1.165, 1.54) is 7.11 Å². The molecule has 0 bridgehead atoms. The standard InChI is InChI=1S/C16H17NO4/c1-10-13(5-4-6-14(10)18)17-16(19)12-8-7-11(20-2)9-15(12)21-3/h4-9,18H,1-3H3,(H,17,19). The molecule has 1 amide bonds. The molecule has 5 heteroatoms. The van der Waals surface area contributed by atoms with Gasteiger partial charge in [0, 0.05) is 17.3 Å². The fourth-order valence-corrected chi connectivity index (χ4v) is 1.93. The molecule has 0 aliphatic rings. The zero-order valence-electron chi connectivity index (χ0n) is 12.1. The predicted molar refractivity (Wildman–Crippen MR) is 80.3 cm³/mol. The Bertz CT molecular complexity index is 667. The van der Waals surface area contributed by atoms with Gasteiger partial charge in [0.25, 0.3) is 5.91 Å². The molecule has 0 heterocycles. The maximum Gasteiger partial charge on any atom is 0.259 e. The van der Waals surface area contributed by atoms with Gasteiger partial charge in [-0.15, -0.1) is 0 Å². The van der Waals surface area contributed by atoms with Crippen LogP contribution in [-0.2, 0) is 0 Å². The highest BCUT2D eigenvalue weighted by molar-refractivity contribution is 6.06. The lowest BCUT2D eigenvalue weighted by Crippen LogP contribution is -2.14. The molecule has 0 aliphatic heterocycles. The third-order valence-electron chi connectivity index (χ3n) is 3.21. The van der Waals surface area contributed by atoms with E-state index < -0.39 is 0 Å². The van der Waals surface area contributed by atoms with Crippen molar-refractivity contribution in [2.45, 2.75) is 6.92 Å². The zero-order valence-corrected chi connectivity index (χ0v) is 12.1. The summed E-state index contributed by atoms with van der Waals surface area (Å²) < 4.78 is 10.3. The summed E-state index contributed by atoms with van der Waals surface area (Å²) in [4.78, 5) is 12.3. The highest BCUT2D eigenvalue weighted by Gasteiger charge is 2.15. The van der Waals surface area contributed by atoms with Gasteiger partial charge in [-0.2, -0.15) is 0 Å². The second-order valence-electron chi connectivity index (χ2n) is 4.47. The van der Waals surface area contributed by atoms with E-state index >= 15 is 0 Å². The van der Waals surface area contributed by atoms with Crippen LogP contribution in [0.25, 0.3) is 0 Å². The number of carbonyl (C=O) groups is 1. The minimum Gasteiger partial charge on any atom is -0.508 e. The van der Waals surface area contributed by atoms with E-state index in [-0.39, 0.29) is 11.7 Å². The lowest BCUT2D eigenvalue weighted by atomic mass is 10.1. The number of hydrogen-bond acceptors (Lipinski definition) is 4. The first-order chi connectivity index (χ1) is 10.1. The maximum atomic E-state index is 12.3. The third-order valence-corrected chi connectivity index (χ3v) is 3.21. The molecule has 2 rings (SSSR count). The number of methoxy groups -OCH3 is 2. The normalized spacial score (nSPS) is 10.0. The number of carbonyl (C=O) groups excluding carboxylic acids is 1. The van der Waals surface area contributed by atoms with Crippen molar-refractivity contribution < 1.29 is 19.4 Å². The number of amides is 1. The molecule has 110 valence electrons. The Morgan fingerprint density at radius 2 is 1.90 bits per heavy atom. The quantitative estimate of drug-likeness (QED) is 0.907. The highest BCUT2D eigenvalue weighted by atomic mass is 16.5. The van der Waals surface area contributed by atoms with Gasteiger partial charge in [-0.1, -0.05) is 6.07 Å². The second kappa shape index (κ2) is 6.17. The lowest BCUT2D eigenvalue weighted by molar-refractivity contribution is 0.102. The summed E-state index contributed by atoms with van der Waals surface area (Å²) in [6.07, 6.45) is 0. The van der Waals surface area contributed by atoms with Crippen LogP contribution in [0.2, 0.25) is 0 Å². The lowest BCUT2D eigenvalue weighted by Gasteiger charge is -2.12. The number of aromatic hydroxyl groups is 1. The molecule has 2 aromatic carbocycles. The van der Waals surface area contributed by atoms with Gasteiger partial charge in [0.15, 0.2) is 0 Å². The molecule has 0 spiro atoms. The fourth-order valence-electron chi connectivity index (χ4n) is 1.93. The van der Waals surface area contributed by atoms with Crippen molar-refractivity contribution in [1.29, 1.82) is 0 Å². The first-order valence-corrected chi connectivity index (χ1v) is 6.38. The van der Waals surface area contributed by atoms with Crippen LogP contribution >= 0.6 is 0 Å². The Hall–Kier alpha value is -2.69. The SMILES string of the molecule is COc1ccc(C(=O)Nc2cccc(O)c2C)c(OC)c1. The van der Waals surface area contributed by atoms with Crippen LogP contribution in [0.1, 0.15) is 15.9 Å². The van der Waals surface area contributed by atoms with Gasteiger partial charge in [-0.25, -0.2) is 0 Å². The second-order valence-corrected chi connectivity index (χ2v) is 4.47. The Morgan fingerprint density at radius 1 is 1.14 bits per heavy atom. The molecule has 0 fully saturated rings. The molecular formula is C16H17NO4. The van der Waals surface area contributed by atoms with Crippen molar-refractivity contribution in [3.63, 3.8) is 0 Å². The highest BCUT2D eigenvalue weighted by Crippen LogP contribution is 2.28. The number of nitrogens with one attached hydrogen (secondary N) is 1. The molecule has 0 unspecified atom stereocenters. The van der Waals surface area contributed by atoms with E-state index in [9.17, 15) is 9.90 Å². The largest absolute Gasteiger partial charge is 0.508 e. The molecule has 0 aliphatic carbocycles. The average Bonchev–Trinajstić information content (AvgIpc) is 2.51. The van der Waals surface area contributed by atoms with Crippen LogP contribution in [0.4, 0.5) is 5.69 Å². The van der Waals surface area contributed by atoms with Crippen molar-refractivity contribution in [3.8, 4) is 17.2 Å². The topological polar surface area (TPSA) is 67.8 Å². The van der Waals surface area contributed by atoms with Crippen LogP contribution < -0.4 is 14.8 Å². The Morgan fingerprint density at radius 3 is 2.57 bits per heavy atom. The van der Waals surface area contributed by atoms with Gasteiger partial charge >= 0.3 is 0 Å². The van der Waals surface area contributed by atoms with E-state index in [1.54, 1.807) is 50.4 Å². The van der Waals surface area contributed by atoms with Gasteiger partial charge in [-0.05, 0) is 31.2 Å². The van der Waals surface area contributed by atoms with Crippen LogP contribution in [0.3, 0.4) is 0 Å². The van der Waals surface area contributed by atoms with Crippen molar-refractivity contribution in [3.05, 3.63) is 47.5 Å². The van der Waals surface area contributed by atoms with Crippen LogP contribution in [0.15, 0.2) is 36.4 Å². The Kier molecular flexibility index (Phi) is 4.33. The van der Waals surface area contributed by atoms with E-state index in [0.717, 1.165) is 0 Å². The summed E-state index contributed by atoms with van der Waals surface area (Å²) in [5.74, 6) is 0.847. The first kappa shape index (κ1) is 14.7. The van der Waals surface area contributed by atoms with Crippen LogP contribution in [0, 0.1) is 6.92 Å². The van der Waals surface area contributed by atoms with Crippen molar-refractivity contribution in [2.75, 3.05) is 19.5 Å². The summed E-state index contributed by atoms with van der Waals surface area (Å²) in [6.45, 7) is 1.73. The van der Waals surface area contributed by atoms with E-state index in [0.29, 0.717) is 28.3 Å². The molecule has 0 radical (unpaired) electrons. The minimum atomic E-state index is -0.316. The minimum absolute atomic E-state index is 0.134. The molecular weight excluding hydrogens is 270 g/mol. The average molecular weight is 287 g/mol. The molecule has 5 nitrogen and oxygen atoms in total. The number of phenols is 1. The van der Waals surface area contributed by atoms with Crippen molar-refractivity contribution in [1.82, 2.24) is 0 Å². The Labute approximate surface area is 123 Å². The van der Waals surface area contributed by atoms with Gasteiger partial charge in [0.05, 0.1) is 19.8 Å². The summed E-state index contributed by atoms with van der Waals surface area (Å²) in [5.41, 5.74) is 1.55. The zero-order chi connectivity index (χ0) is 15.4. The smallest absolute Gasteiger partial charge is 0.259 e. The third kappa shape index (κ3) is 3.08. The molecule has 0 saturated carbocycles. The fraction of sp³-hybridized carbons (Fsp3) is 0.188. The molecule has 2 aromatic rings. The van der Waals surface area contributed by atoms with E-state index in [4.69, 9.17) is 9.47 Å². The van der Waals surface area contributed by atoms with Gasteiger partial charge < -0.3 is 19.9 Å². The molecule has 0 saturated heterocycles. The maximum absolute atomic E-state index is 12.3. The summed E-state index contributed by atoms with van der Waals surface area (Å²) in [6, 6.07) is 9.92. The monoisotopic (exact) mass is 287 g/mol. The first-order valence-electron chi connectivity index (χ1n) is 6.38. The van der Waals surface area contributed by atoms with Crippen LogP contribution in [0.5, 0.6) is 17.2 Å². The number of hydrogen-bond donors (Lipinski definition) is 2. The molecule has 21 heavy (non-hydrogen) atoms. The van der Waals surface area contributed by atoms with Gasteiger partial charge in [0.1, 0.15) is 17.2 Å². The number of anilines is 1. The number of benzene rings is 2. The number of ether oxygens (including phenoxy) is 2. The number of phenolic OH excluding ortho intramolecular Hbond substituents is 1. The van der Waals surface area contributed by atoms with Gasteiger partial charge in [0.2, 0.25) is 0 Å². The predicted octanol–water partition coefficient (Wildman–Crippen LogP) is 2.97. The molecule has 0 atom stereocenters. The molecule has 0 aromatic heterocycles. The van der Waals surface area contributed by atoms with Crippen molar-refractivity contribution in [2.24, 2.45) is 0 Å². The molecule has 2 N–H and O–H groups in total.